The Morgan fingerprint density at radius 1 is 1.27 bits per heavy atom. The van der Waals surface area contributed by atoms with E-state index < -0.39 is 0 Å². The average molecular weight is 298 g/mol. The number of anilines is 1. The Morgan fingerprint density at radius 2 is 2.00 bits per heavy atom. The molecule has 0 saturated heterocycles. The molecule has 0 aliphatic heterocycles. The highest BCUT2D eigenvalue weighted by atomic mass is 16.1. The molecule has 3 aromatic rings. The summed E-state index contributed by atoms with van der Waals surface area (Å²) in [6.45, 7) is 3.07. The molecule has 3 N–H and O–H groups in total. The maximum atomic E-state index is 11.2. The van der Waals surface area contributed by atoms with Gasteiger partial charge in [-0.1, -0.05) is 25.1 Å². The number of benzene rings is 1. The zero-order chi connectivity index (χ0) is 16.1. The van der Waals surface area contributed by atoms with E-state index in [1.807, 2.05) is 18.2 Å². The van der Waals surface area contributed by atoms with Crippen LogP contribution in [0, 0.1) is 0 Å². The number of aryl methyl sites for hydroxylation is 1. The molecule has 2 aromatic heterocycles. The van der Waals surface area contributed by atoms with Crippen LogP contribution in [0.5, 0.6) is 0 Å². The van der Waals surface area contributed by atoms with E-state index in [2.05, 4.69) is 39.7 Å². The van der Waals surface area contributed by atoms with Crippen LogP contribution in [0.15, 0.2) is 30.3 Å². The van der Waals surface area contributed by atoms with Crippen molar-refractivity contribution in [3.05, 3.63) is 35.9 Å². The molecular formula is C17H22N4O. The summed E-state index contributed by atoms with van der Waals surface area (Å²) >= 11 is 0. The quantitative estimate of drug-likeness (QED) is 0.726. The molecule has 2 heterocycles. The first kappa shape index (κ1) is 16.0. The van der Waals surface area contributed by atoms with Gasteiger partial charge in [-0.2, -0.15) is 0 Å². The largest absolute Gasteiger partial charge is 0.372 e. The molecule has 0 atom stereocenters. The van der Waals surface area contributed by atoms with Crippen LogP contribution in [0.2, 0.25) is 0 Å². The van der Waals surface area contributed by atoms with E-state index in [-0.39, 0.29) is 0 Å². The van der Waals surface area contributed by atoms with Gasteiger partial charge in [0.05, 0.1) is 11.1 Å². The van der Waals surface area contributed by atoms with E-state index in [4.69, 9.17) is 0 Å². The van der Waals surface area contributed by atoms with Gasteiger partial charge in [0, 0.05) is 24.4 Å². The molecule has 1 aromatic carbocycles. The minimum Gasteiger partial charge on any atom is -0.372 e. The Morgan fingerprint density at radius 3 is 2.64 bits per heavy atom. The Balaban J connectivity index is 0.000000847. The van der Waals surface area contributed by atoms with Gasteiger partial charge >= 0.3 is 0 Å². The second-order valence-electron chi connectivity index (χ2n) is 4.83. The van der Waals surface area contributed by atoms with Gasteiger partial charge in [-0.3, -0.25) is 4.79 Å². The summed E-state index contributed by atoms with van der Waals surface area (Å²) < 4.78 is 2.22. The van der Waals surface area contributed by atoms with Crippen LogP contribution in [-0.4, -0.2) is 29.9 Å². The molecule has 22 heavy (non-hydrogen) atoms. The Kier molecular flexibility index (Phi) is 5.12. The van der Waals surface area contributed by atoms with Gasteiger partial charge in [-0.25, -0.2) is 4.98 Å². The SMILES string of the molecule is CCCn1c2ccccc2c2cc(C=O)c(NC)nc21.CN. The number of pyridine rings is 1. The predicted octanol–water partition coefficient (Wildman–Crippen LogP) is 3.03. The van der Waals surface area contributed by atoms with Gasteiger partial charge in [0.1, 0.15) is 11.5 Å². The summed E-state index contributed by atoms with van der Waals surface area (Å²) in [5.41, 5.74) is 7.20. The number of aldehydes is 1. The topological polar surface area (TPSA) is 72.9 Å². The summed E-state index contributed by atoms with van der Waals surface area (Å²) in [4.78, 5) is 15.9. The van der Waals surface area contributed by atoms with Crippen LogP contribution >= 0.6 is 0 Å². The average Bonchev–Trinajstić information content (AvgIpc) is 2.89. The Hall–Kier alpha value is -2.40. The van der Waals surface area contributed by atoms with Gasteiger partial charge in [-0.05, 0) is 25.6 Å². The molecule has 0 radical (unpaired) electrons. The zero-order valence-electron chi connectivity index (χ0n) is 13.3. The number of carbonyl (C=O) groups is 1. The second-order valence-corrected chi connectivity index (χ2v) is 4.83. The van der Waals surface area contributed by atoms with E-state index >= 15 is 0 Å². The zero-order valence-corrected chi connectivity index (χ0v) is 13.3. The van der Waals surface area contributed by atoms with Crippen molar-refractivity contribution in [3.8, 4) is 0 Å². The normalized spacial score (nSPS) is 10.4. The maximum absolute atomic E-state index is 11.2. The van der Waals surface area contributed by atoms with Crippen LogP contribution in [-0.2, 0) is 6.54 Å². The van der Waals surface area contributed by atoms with Crippen molar-refractivity contribution in [1.82, 2.24) is 9.55 Å². The van der Waals surface area contributed by atoms with E-state index in [9.17, 15) is 4.79 Å². The predicted molar refractivity (Wildman–Crippen MR) is 92.6 cm³/mol. The molecular weight excluding hydrogens is 276 g/mol. The van der Waals surface area contributed by atoms with Crippen LogP contribution in [0.4, 0.5) is 5.82 Å². The second kappa shape index (κ2) is 7.04. The van der Waals surface area contributed by atoms with Gasteiger partial charge in [0.25, 0.3) is 0 Å². The molecule has 0 spiro atoms. The number of hydrogen-bond acceptors (Lipinski definition) is 4. The third-order valence-electron chi connectivity index (χ3n) is 3.58. The minimum atomic E-state index is 0.597. The Labute approximate surface area is 130 Å². The van der Waals surface area contributed by atoms with Crippen molar-refractivity contribution in [2.45, 2.75) is 19.9 Å². The van der Waals surface area contributed by atoms with E-state index in [0.717, 1.165) is 35.7 Å². The van der Waals surface area contributed by atoms with Crippen LogP contribution in [0.25, 0.3) is 21.9 Å². The number of nitrogens with one attached hydrogen (secondary N) is 1. The summed E-state index contributed by atoms with van der Waals surface area (Å²) in [6.07, 6.45) is 1.89. The molecule has 0 unspecified atom stereocenters. The number of hydrogen-bond donors (Lipinski definition) is 2. The highest BCUT2D eigenvalue weighted by molar-refractivity contribution is 6.08. The first-order valence-electron chi connectivity index (χ1n) is 7.42. The molecule has 5 nitrogen and oxygen atoms in total. The van der Waals surface area contributed by atoms with Crippen LogP contribution < -0.4 is 11.1 Å². The number of fused-ring (bicyclic) bond motifs is 3. The summed E-state index contributed by atoms with van der Waals surface area (Å²) in [5.74, 6) is 0.632. The number of aromatic nitrogens is 2. The van der Waals surface area contributed by atoms with Crippen molar-refractivity contribution < 1.29 is 4.79 Å². The smallest absolute Gasteiger partial charge is 0.153 e. The molecule has 0 amide bonds. The summed E-state index contributed by atoms with van der Waals surface area (Å²) in [6, 6.07) is 10.2. The van der Waals surface area contributed by atoms with Gasteiger partial charge in [0.15, 0.2) is 6.29 Å². The standard InChI is InChI=1S/C16H17N3O.CH5N/c1-3-8-19-14-7-5-4-6-12(14)13-9-11(10-20)15(17-2)18-16(13)19;1-2/h4-7,9-10H,3,8H2,1-2H3,(H,17,18);2H2,1H3. The van der Waals surface area contributed by atoms with Gasteiger partial charge in [0.2, 0.25) is 0 Å². The lowest BCUT2D eigenvalue weighted by atomic mass is 10.1. The monoisotopic (exact) mass is 298 g/mol. The van der Waals surface area contributed by atoms with Gasteiger partial charge in [-0.15, -0.1) is 0 Å². The fourth-order valence-electron chi connectivity index (χ4n) is 2.71. The summed E-state index contributed by atoms with van der Waals surface area (Å²) in [5, 5.41) is 5.18. The first-order valence-corrected chi connectivity index (χ1v) is 7.42. The fraction of sp³-hybridized carbons (Fsp3) is 0.294. The van der Waals surface area contributed by atoms with E-state index in [0.29, 0.717) is 11.4 Å². The number of carbonyl (C=O) groups excluding carboxylic acids is 1. The van der Waals surface area contributed by atoms with Crippen molar-refractivity contribution in [2.75, 3.05) is 19.4 Å². The molecule has 0 saturated carbocycles. The molecule has 116 valence electrons. The van der Waals surface area contributed by atoms with Crippen LogP contribution in [0.3, 0.4) is 0 Å². The van der Waals surface area contributed by atoms with E-state index in [1.165, 1.54) is 12.6 Å². The lowest BCUT2D eigenvalue weighted by molar-refractivity contribution is 0.112. The number of nitrogens with zero attached hydrogens (tertiary/aromatic N) is 2. The number of nitrogens with two attached hydrogens (primary N) is 1. The number of rotatable bonds is 4. The molecule has 5 heteroatoms. The number of para-hydroxylation sites is 1. The first-order chi connectivity index (χ1) is 10.8. The highest BCUT2D eigenvalue weighted by Crippen LogP contribution is 2.30. The van der Waals surface area contributed by atoms with Crippen molar-refractivity contribution in [2.24, 2.45) is 5.73 Å². The Bertz CT molecular complexity index is 792. The van der Waals surface area contributed by atoms with E-state index in [1.54, 1.807) is 7.05 Å². The molecule has 3 rings (SSSR count). The minimum absolute atomic E-state index is 0.597. The fourth-order valence-corrected chi connectivity index (χ4v) is 2.71. The van der Waals surface area contributed by atoms with Crippen molar-refractivity contribution in [3.63, 3.8) is 0 Å². The van der Waals surface area contributed by atoms with Gasteiger partial charge < -0.3 is 15.6 Å². The molecule has 0 bridgehead atoms. The van der Waals surface area contributed by atoms with Crippen LogP contribution in [0.1, 0.15) is 23.7 Å². The highest BCUT2D eigenvalue weighted by Gasteiger charge is 2.14. The van der Waals surface area contributed by atoms with Crippen molar-refractivity contribution >= 4 is 34.0 Å². The van der Waals surface area contributed by atoms with Crippen molar-refractivity contribution in [1.29, 1.82) is 0 Å². The lowest BCUT2D eigenvalue weighted by Gasteiger charge is -2.07. The maximum Gasteiger partial charge on any atom is 0.153 e. The third kappa shape index (κ3) is 2.55. The molecule has 0 aliphatic carbocycles. The lowest BCUT2D eigenvalue weighted by Crippen LogP contribution is -2.02. The molecule has 0 aliphatic rings. The third-order valence-corrected chi connectivity index (χ3v) is 3.58. The molecule has 0 fully saturated rings. The summed E-state index contributed by atoms with van der Waals surface area (Å²) in [7, 11) is 3.29.